The molecule has 1 fully saturated rings. The lowest BCUT2D eigenvalue weighted by Gasteiger charge is -2.19. The predicted molar refractivity (Wildman–Crippen MR) is 132 cm³/mol. The topological polar surface area (TPSA) is 295 Å². The average Bonchev–Trinajstić information content (AvgIpc) is 3.43. The van der Waals surface area contributed by atoms with Gasteiger partial charge >= 0.3 is 29.2 Å². The van der Waals surface area contributed by atoms with Gasteiger partial charge in [-0.3, -0.25) is 18.9 Å². The van der Waals surface area contributed by atoms with E-state index in [1.54, 1.807) is 30.5 Å². The molecule has 0 spiro atoms. The first-order valence-electron chi connectivity index (χ1n) is 11.1. The molecule has 41 heavy (non-hydrogen) atoms. The van der Waals surface area contributed by atoms with Crippen molar-refractivity contribution in [3.05, 3.63) is 69.1 Å². The van der Waals surface area contributed by atoms with Crippen molar-refractivity contribution in [3.63, 3.8) is 0 Å². The molecule has 20 nitrogen and oxygen atoms in total. The van der Waals surface area contributed by atoms with Crippen LogP contribution in [0.15, 0.2) is 52.3 Å². The lowest BCUT2D eigenvalue weighted by atomic mass is 10.1. The summed E-state index contributed by atoms with van der Waals surface area (Å²) in [5.74, 6) is 0. The van der Waals surface area contributed by atoms with Gasteiger partial charge in [0.1, 0.15) is 24.0 Å². The molecule has 1 saturated heterocycles. The van der Waals surface area contributed by atoms with E-state index in [0.29, 0.717) is 5.69 Å². The fourth-order valence-corrected chi connectivity index (χ4v) is 6.72. The van der Waals surface area contributed by atoms with Gasteiger partial charge in [0.25, 0.3) is 5.56 Å². The Labute approximate surface area is 227 Å². The minimum Gasteiger partial charge on any atom is -0.387 e. The quantitative estimate of drug-likeness (QED) is 0.121. The Bertz CT molecular complexity index is 1650. The summed E-state index contributed by atoms with van der Waals surface area (Å²) in [5.41, 5.74) is -0.605. The Hall–Kier alpha value is -2.67. The number of benzene rings is 1. The predicted octanol–water partition coefficient (Wildman–Crippen LogP) is -1.19. The van der Waals surface area contributed by atoms with Crippen LogP contribution in [0.5, 0.6) is 0 Å². The van der Waals surface area contributed by atoms with Crippen molar-refractivity contribution >= 4 is 23.5 Å². The smallest absolute Gasteiger partial charge is 0.387 e. The minimum absolute atomic E-state index is 0.0314. The van der Waals surface area contributed by atoms with E-state index in [-0.39, 0.29) is 12.1 Å². The summed E-state index contributed by atoms with van der Waals surface area (Å²) in [4.78, 5) is 62.9. The number of nitrogens with one attached hydrogen (secondary N) is 1. The maximum absolute atomic E-state index is 12.5. The van der Waals surface area contributed by atoms with Crippen molar-refractivity contribution in [1.29, 1.82) is 0 Å². The Morgan fingerprint density at radius 2 is 1.63 bits per heavy atom. The van der Waals surface area contributed by atoms with Crippen LogP contribution in [-0.2, 0) is 38.1 Å². The zero-order valence-corrected chi connectivity index (χ0v) is 22.9. The normalized spacial score (nSPS) is 24.1. The van der Waals surface area contributed by atoms with Crippen molar-refractivity contribution in [2.24, 2.45) is 0 Å². The summed E-state index contributed by atoms with van der Waals surface area (Å²) in [7, 11) is -17.0. The molecule has 3 unspecified atom stereocenters. The third-order valence-electron chi connectivity index (χ3n) is 5.41. The molecule has 2 aromatic heterocycles. The van der Waals surface area contributed by atoms with Crippen LogP contribution in [0.2, 0.25) is 0 Å². The lowest BCUT2D eigenvalue weighted by Crippen LogP contribution is -2.39. The Balaban J connectivity index is 1.47. The SMILES string of the molecule is O=c1[nH]c(=O)n([C@@H]2O[C@H](COP(=O)(O)OP(=O)(O)OP(=O)(O)O)C(O)[C@@H]2O)cc1Cn1cc(-c2ccccc2)nn1. The van der Waals surface area contributed by atoms with Crippen molar-refractivity contribution in [2.45, 2.75) is 31.1 Å². The molecule has 3 aromatic rings. The summed E-state index contributed by atoms with van der Waals surface area (Å²) in [6.07, 6.45) is -4.43. The van der Waals surface area contributed by atoms with Gasteiger partial charge in [-0.25, -0.2) is 23.2 Å². The number of phosphoric acid groups is 3. The molecule has 7 N–H and O–H groups in total. The van der Waals surface area contributed by atoms with E-state index in [0.717, 1.165) is 16.3 Å². The second-order valence-electron chi connectivity index (χ2n) is 8.42. The van der Waals surface area contributed by atoms with Crippen molar-refractivity contribution in [3.8, 4) is 11.3 Å². The van der Waals surface area contributed by atoms with E-state index in [1.807, 2.05) is 11.1 Å². The highest BCUT2D eigenvalue weighted by Gasteiger charge is 2.47. The van der Waals surface area contributed by atoms with Crippen LogP contribution < -0.4 is 11.2 Å². The number of ether oxygens (including phenoxy) is 1. The Morgan fingerprint density at radius 3 is 2.29 bits per heavy atom. The third-order valence-corrected chi connectivity index (χ3v) is 9.21. The first-order chi connectivity index (χ1) is 19.0. The number of aliphatic hydroxyl groups excluding tert-OH is 2. The van der Waals surface area contributed by atoms with E-state index in [1.165, 1.54) is 4.68 Å². The second kappa shape index (κ2) is 11.9. The molecule has 6 atom stereocenters. The lowest BCUT2D eigenvalue weighted by molar-refractivity contribution is -0.0543. The van der Waals surface area contributed by atoms with Crippen molar-refractivity contribution in [2.75, 3.05) is 6.61 Å². The van der Waals surface area contributed by atoms with E-state index in [9.17, 15) is 43.3 Å². The van der Waals surface area contributed by atoms with Gasteiger partial charge in [0.05, 0.1) is 24.9 Å². The maximum Gasteiger partial charge on any atom is 0.490 e. The van der Waals surface area contributed by atoms with Crippen LogP contribution in [0.25, 0.3) is 11.3 Å². The van der Waals surface area contributed by atoms with Gasteiger partial charge in [-0.1, -0.05) is 35.5 Å². The highest BCUT2D eigenvalue weighted by molar-refractivity contribution is 7.66. The summed E-state index contributed by atoms with van der Waals surface area (Å²) in [5, 5.41) is 28.8. The fraction of sp³-hybridized carbons (Fsp3) is 0.333. The zero-order chi connectivity index (χ0) is 30.2. The average molecular weight is 641 g/mol. The third kappa shape index (κ3) is 8.00. The highest BCUT2D eigenvalue weighted by Crippen LogP contribution is 2.66. The maximum atomic E-state index is 12.5. The molecule has 0 radical (unpaired) electrons. The second-order valence-corrected chi connectivity index (χ2v) is 12.8. The molecule has 1 aromatic carbocycles. The van der Waals surface area contributed by atoms with E-state index in [2.05, 4.69) is 23.5 Å². The number of aromatic nitrogens is 5. The van der Waals surface area contributed by atoms with E-state index < -0.39 is 65.9 Å². The molecule has 23 heteroatoms. The van der Waals surface area contributed by atoms with Gasteiger partial charge in [-0.15, -0.1) is 5.10 Å². The number of hydrogen-bond acceptors (Lipinski definition) is 13. The molecular formula is C18H22N5O15P3. The van der Waals surface area contributed by atoms with Crippen LogP contribution in [0.4, 0.5) is 0 Å². The van der Waals surface area contributed by atoms with Crippen LogP contribution in [0.1, 0.15) is 11.8 Å². The number of nitrogens with zero attached hydrogens (tertiary/aromatic N) is 4. The molecule has 0 bridgehead atoms. The Morgan fingerprint density at radius 1 is 0.951 bits per heavy atom. The van der Waals surface area contributed by atoms with E-state index >= 15 is 0 Å². The van der Waals surface area contributed by atoms with Gasteiger partial charge in [0.15, 0.2) is 6.23 Å². The molecule has 1 aliphatic rings. The van der Waals surface area contributed by atoms with Gasteiger partial charge in [-0.2, -0.15) is 8.62 Å². The number of H-pyrrole nitrogens is 1. The summed E-state index contributed by atoms with van der Waals surface area (Å²) in [6.45, 7) is -1.26. The minimum atomic E-state index is -5.79. The molecule has 0 saturated carbocycles. The first-order valence-corrected chi connectivity index (χ1v) is 15.7. The van der Waals surface area contributed by atoms with Gasteiger partial charge in [0.2, 0.25) is 0 Å². The van der Waals surface area contributed by atoms with Crippen LogP contribution in [0, 0.1) is 0 Å². The molecule has 3 heterocycles. The van der Waals surface area contributed by atoms with Crippen molar-refractivity contribution < 1.29 is 61.4 Å². The van der Waals surface area contributed by atoms with E-state index in [4.69, 9.17) is 14.5 Å². The van der Waals surface area contributed by atoms with Gasteiger partial charge < -0.3 is 34.5 Å². The van der Waals surface area contributed by atoms with Crippen LogP contribution in [0.3, 0.4) is 0 Å². The molecule has 4 rings (SSSR count). The van der Waals surface area contributed by atoms with Crippen LogP contribution >= 0.6 is 23.5 Å². The Kier molecular flexibility index (Phi) is 9.08. The van der Waals surface area contributed by atoms with Crippen molar-refractivity contribution in [1.82, 2.24) is 24.5 Å². The number of aliphatic hydroxyl groups is 2. The first kappa shape index (κ1) is 31.3. The number of aromatic amines is 1. The zero-order valence-electron chi connectivity index (χ0n) is 20.3. The summed E-state index contributed by atoms with van der Waals surface area (Å²) < 4.78 is 53.1. The molecule has 0 aliphatic carbocycles. The number of rotatable bonds is 11. The molecule has 0 amide bonds. The van der Waals surface area contributed by atoms with Crippen LogP contribution in [-0.4, -0.2) is 79.3 Å². The standard InChI is InChI=1S/C18H22N5O15P3/c24-14-13(9-35-40(31,32)38-41(33,34)37-39(28,29)30)36-17(15(14)25)23-7-11(16(26)19-18(23)27)6-22-8-12(20-21-22)10-4-2-1-3-5-10/h1-5,7-8,13-15,17,24-25H,6,9H2,(H,31,32)(H,33,34)(H,19,26,27)(H2,28,29,30)/t13-,14?,15+,17-/m1/s1. The monoisotopic (exact) mass is 641 g/mol. The number of phosphoric ester groups is 1. The van der Waals surface area contributed by atoms with Gasteiger partial charge in [0, 0.05) is 11.8 Å². The molecule has 1 aliphatic heterocycles. The summed E-state index contributed by atoms with van der Waals surface area (Å²) >= 11 is 0. The fourth-order valence-electron chi connectivity index (χ4n) is 3.69. The molecule has 224 valence electrons. The highest BCUT2D eigenvalue weighted by atomic mass is 31.3. The molecular weight excluding hydrogens is 619 g/mol. The number of hydrogen-bond donors (Lipinski definition) is 7. The summed E-state index contributed by atoms with van der Waals surface area (Å²) in [6, 6.07) is 9.01. The van der Waals surface area contributed by atoms with Gasteiger partial charge in [-0.05, 0) is 0 Å². The largest absolute Gasteiger partial charge is 0.490 e.